The van der Waals surface area contributed by atoms with Crippen LogP contribution < -0.4 is 10.0 Å². The molecular formula is C7H12N2O2S. The molecule has 1 rings (SSSR count). The maximum atomic E-state index is 10.9. The van der Waals surface area contributed by atoms with Gasteiger partial charge in [-0.1, -0.05) is 0 Å². The smallest absolute Gasteiger partial charge is 0.280 e. The number of nitrogens with one attached hydrogen (secondary N) is 2. The third-order valence-electron chi connectivity index (χ3n) is 1.82. The molecule has 0 spiro atoms. The van der Waals surface area contributed by atoms with Crippen molar-refractivity contribution in [1.82, 2.24) is 10.0 Å². The highest BCUT2D eigenvalue weighted by atomic mass is 32.2. The van der Waals surface area contributed by atoms with Crippen LogP contribution in [0.2, 0.25) is 0 Å². The Morgan fingerprint density at radius 3 is 2.50 bits per heavy atom. The monoisotopic (exact) mass is 188 g/mol. The first-order chi connectivity index (χ1) is 5.64. The van der Waals surface area contributed by atoms with Gasteiger partial charge in [-0.25, -0.2) is 4.72 Å². The zero-order valence-electron chi connectivity index (χ0n) is 6.71. The summed E-state index contributed by atoms with van der Waals surface area (Å²) in [5.74, 6) is 0. The zero-order valence-corrected chi connectivity index (χ0v) is 7.52. The molecule has 0 aliphatic carbocycles. The van der Waals surface area contributed by atoms with E-state index in [1.165, 1.54) is 0 Å². The first-order valence-corrected chi connectivity index (χ1v) is 5.33. The SMILES string of the molecule is C#CS(=O)(=O)NC1CCNCC1. The molecule has 4 nitrogen and oxygen atoms in total. The van der Waals surface area contributed by atoms with Crippen molar-refractivity contribution >= 4 is 10.0 Å². The minimum absolute atomic E-state index is 0.00676. The molecule has 0 aromatic carbocycles. The van der Waals surface area contributed by atoms with E-state index in [4.69, 9.17) is 6.42 Å². The Balaban J connectivity index is 2.46. The summed E-state index contributed by atoms with van der Waals surface area (Å²) in [4.78, 5) is 0. The predicted octanol–water partition coefficient (Wildman–Crippen LogP) is -0.752. The lowest BCUT2D eigenvalue weighted by molar-refractivity contribution is 0.429. The van der Waals surface area contributed by atoms with E-state index in [9.17, 15) is 8.42 Å². The summed E-state index contributed by atoms with van der Waals surface area (Å²) in [5, 5.41) is 4.86. The Morgan fingerprint density at radius 1 is 1.42 bits per heavy atom. The van der Waals surface area contributed by atoms with Crippen molar-refractivity contribution in [1.29, 1.82) is 0 Å². The van der Waals surface area contributed by atoms with Crippen molar-refractivity contribution in [3.05, 3.63) is 0 Å². The van der Waals surface area contributed by atoms with Crippen molar-refractivity contribution in [2.24, 2.45) is 0 Å². The number of sulfonamides is 1. The fraction of sp³-hybridized carbons (Fsp3) is 0.714. The van der Waals surface area contributed by atoms with Crippen molar-refractivity contribution < 1.29 is 8.42 Å². The fourth-order valence-corrected chi connectivity index (χ4v) is 1.94. The predicted molar refractivity (Wildman–Crippen MR) is 46.8 cm³/mol. The van der Waals surface area contributed by atoms with Crippen LogP contribution in [0.15, 0.2) is 0 Å². The van der Waals surface area contributed by atoms with Gasteiger partial charge in [-0.2, -0.15) is 8.42 Å². The lowest BCUT2D eigenvalue weighted by Crippen LogP contribution is -2.42. The van der Waals surface area contributed by atoms with Crippen LogP contribution in [0.5, 0.6) is 0 Å². The van der Waals surface area contributed by atoms with E-state index in [1.807, 2.05) is 0 Å². The number of piperidine rings is 1. The van der Waals surface area contributed by atoms with Crippen LogP contribution in [0.3, 0.4) is 0 Å². The minimum Gasteiger partial charge on any atom is -0.317 e. The normalized spacial score (nSPS) is 20.2. The van der Waals surface area contributed by atoms with Gasteiger partial charge >= 0.3 is 0 Å². The molecule has 1 aliphatic heterocycles. The molecule has 1 aliphatic rings. The van der Waals surface area contributed by atoms with E-state index in [-0.39, 0.29) is 6.04 Å². The van der Waals surface area contributed by atoms with Gasteiger partial charge in [0, 0.05) is 11.3 Å². The van der Waals surface area contributed by atoms with Gasteiger partial charge in [-0.05, 0) is 25.9 Å². The van der Waals surface area contributed by atoms with Crippen molar-refractivity contribution in [3.8, 4) is 11.7 Å². The van der Waals surface area contributed by atoms with Crippen LogP contribution in [0.1, 0.15) is 12.8 Å². The van der Waals surface area contributed by atoms with Crippen molar-refractivity contribution in [2.75, 3.05) is 13.1 Å². The van der Waals surface area contributed by atoms with E-state index in [2.05, 4.69) is 10.0 Å². The molecule has 5 heteroatoms. The third kappa shape index (κ3) is 2.81. The second-order valence-electron chi connectivity index (χ2n) is 2.76. The minimum atomic E-state index is -3.47. The highest BCUT2D eigenvalue weighted by Crippen LogP contribution is 2.02. The highest BCUT2D eigenvalue weighted by Gasteiger charge is 2.17. The molecule has 68 valence electrons. The molecule has 0 amide bonds. The summed E-state index contributed by atoms with van der Waals surface area (Å²) in [6.45, 7) is 1.69. The Bertz CT molecular complexity index is 272. The van der Waals surface area contributed by atoms with E-state index in [1.54, 1.807) is 5.25 Å². The summed E-state index contributed by atoms with van der Waals surface area (Å²) in [5.41, 5.74) is 0. The number of terminal acetylenes is 1. The molecule has 1 heterocycles. The second-order valence-corrected chi connectivity index (χ2v) is 4.24. The molecule has 0 radical (unpaired) electrons. The number of hydrogen-bond acceptors (Lipinski definition) is 3. The first-order valence-electron chi connectivity index (χ1n) is 3.84. The molecular weight excluding hydrogens is 176 g/mol. The second kappa shape index (κ2) is 3.90. The van der Waals surface area contributed by atoms with Gasteiger partial charge in [0.25, 0.3) is 10.0 Å². The Hall–Kier alpha value is -0.570. The molecule has 0 aromatic heterocycles. The Labute approximate surface area is 72.8 Å². The Kier molecular flexibility index (Phi) is 3.09. The summed E-state index contributed by atoms with van der Waals surface area (Å²) < 4.78 is 24.2. The van der Waals surface area contributed by atoms with Gasteiger partial charge < -0.3 is 5.32 Å². The van der Waals surface area contributed by atoms with Gasteiger partial charge in [-0.15, -0.1) is 6.42 Å². The van der Waals surface area contributed by atoms with E-state index in [0.717, 1.165) is 25.9 Å². The topological polar surface area (TPSA) is 58.2 Å². The molecule has 0 unspecified atom stereocenters. The molecule has 1 saturated heterocycles. The van der Waals surface area contributed by atoms with Gasteiger partial charge in [0.2, 0.25) is 0 Å². The van der Waals surface area contributed by atoms with Crippen LogP contribution in [-0.4, -0.2) is 27.5 Å². The van der Waals surface area contributed by atoms with Crippen LogP contribution in [0.4, 0.5) is 0 Å². The first kappa shape index (κ1) is 9.52. The summed E-state index contributed by atoms with van der Waals surface area (Å²) in [7, 11) is -3.47. The summed E-state index contributed by atoms with van der Waals surface area (Å²) >= 11 is 0. The maximum absolute atomic E-state index is 10.9. The standard InChI is InChI=1S/C7H12N2O2S/c1-2-12(10,11)9-7-3-5-8-6-4-7/h1,7-9H,3-6H2. The van der Waals surface area contributed by atoms with Crippen molar-refractivity contribution in [2.45, 2.75) is 18.9 Å². The molecule has 0 atom stereocenters. The maximum Gasteiger partial charge on any atom is 0.280 e. The Morgan fingerprint density at radius 2 is 2.00 bits per heavy atom. The molecule has 0 saturated carbocycles. The fourth-order valence-electron chi connectivity index (χ4n) is 1.19. The lowest BCUT2D eigenvalue weighted by atomic mass is 10.1. The van der Waals surface area contributed by atoms with Gasteiger partial charge in [0.1, 0.15) is 0 Å². The molecule has 0 aromatic rings. The highest BCUT2D eigenvalue weighted by molar-refractivity contribution is 7.94. The van der Waals surface area contributed by atoms with E-state index < -0.39 is 10.0 Å². The third-order valence-corrected chi connectivity index (χ3v) is 2.77. The van der Waals surface area contributed by atoms with Crippen LogP contribution in [0.25, 0.3) is 0 Å². The average molecular weight is 188 g/mol. The molecule has 12 heavy (non-hydrogen) atoms. The van der Waals surface area contributed by atoms with Gasteiger partial charge in [0.05, 0.1) is 0 Å². The van der Waals surface area contributed by atoms with Gasteiger partial charge in [0.15, 0.2) is 0 Å². The molecule has 1 fully saturated rings. The number of hydrogen-bond donors (Lipinski definition) is 2. The molecule has 2 N–H and O–H groups in total. The summed E-state index contributed by atoms with van der Waals surface area (Å²) in [6, 6.07) is 0.00676. The largest absolute Gasteiger partial charge is 0.317 e. The van der Waals surface area contributed by atoms with Crippen LogP contribution in [0, 0.1) is 11.7 Å². The molecule has 0 bridgehead atoms. The van der Waals surface area contributed by atoms with Gasteiger partial charge in [-0.3, -0.25) is 0 Å². The average Bonchev–Trinajstić information content (AvgIpc) is 2.06. The number of rotatable bonds is 2. The van der Waals surface area contributed by atoms with Crippen LogP contribution in [-0.2, 0) is 10.0 Å². The van der Waals surface area contributed by atoms with Crippen LogP contribution >= 0.6 is 0 Å². The summed E-state index contributed by atoms with van der Waals surface area (Å²) in [6.07, 6.45) is 6.42. The zero-order chi connectivity index (χ0) is 9.03. The van der Waals surface area contributed by atoms with E-state index >= 15 is 0 Å². The van der Waals surface area contributed by atoms with E-state index in [0.29, 0.717) is 0 Å². The quantitative estimate of drug-likeness (QED) is 0.560. The lowest BCUT2D eigenvalue weighted by Gasteiger charge is -2.21. The van der Waals surface area contributed by atoms with Crippen molar-refractivity contribution in [3.63, 3.8) is 0 Å².